The minimum absolute atomic E-state index is 0.308. The lowest BCUT2D eigenvalue weighted by Crippen LogP contribution is -2.00. The second-order valence-corrected chi connectivity index (χ2v) is 4.90. The van der Waals surface area contributed by atoms with Crippen molar-refractivity contribution in [1.29, 1.82) is 0 Å². The van der Waals surface area contributed by atoms with Crippen LogP contribution in [-0.2, 0) is 0 Å². The predicted octanol–water partition coefficient (Wildman–Crippen LogP) is 3.63. The monoisotopic (exact) mass is 275 g/mol. The molecular weight excluding hydrogens is 254 g/mol. The van der Waals surface area contributed by atoms with Gasteiger partial charge in [-0.1, -0.05) is 6.92 Å². The number of ether oxygens (including phenoxy) is 2. The highest BCUT2D eigenvalue weighted by Crippen LogP contribution is 2.30. The number of hydrogen-bond acceptors (Lipinski definition) is 4. The van der Waals surface area contributed by atoms with Gasteiger partial charge in [-0.2, -0.15) is 5.10 Å². The first-order chi connectivity index (χ1) is 9.60. The van der Waals surface area contributed by atoms with Crippen molar-refractivity contribution >= 4 is 5.69 Å². The number of rotatable bonds is 6. The Morgan fingerprint density at radius 3 is 2.75 bits per heavy atom. The molecule has 2 rings (SSSR count). The molecule has 0 saturated heterocycles. The van der Waals surface area contributed by atoms with Crippen molar-refractivity contribution in [3.63, 3.8) is 0 Å². The molecular formula is C15H21N3O2. The SMILES string of the molecule is CCCOc1cc(Oc2cnn(C(C)C)c2)ccc1N. The maximum atomic E-state index is 5.87. The van der Waals surface area contributed by atoms with Crippen LogP contribution >= 0.6 is 0 Å². The van der Waals surface area contributed by atoms with Gasteiger partial charge in [-0.15, -0.1) is 0 Å². The predicted molar refractivity (Wildman–Crippen MR) is 79.3 cm³/mol. The Kier molecular flexibility index (Phi) is 4.50. The van der Waals surface area contributed by atoms with Gasteiger partial charge in [0.05, 0.1) is 24.7 Å². The molecule has 0 saturated carbocycles. The maximum Gasteiger partial charge on any atom is 0.165 e. The van der Waals surface area contributed by atoms with E-state index in [0.29, 0.717) is 35.6 Å². The summed E-state index contributed by atoms with van der Waals surface area (Å²) in [6.45, 7) is 6.82. The Morgan fingerprint density at radius 2 is 2.10 bits per heavy atom. The molecule has 0 amide bonds. The van der Waals surface area contributed by atoms with Crippen molar-refractivity contribution in [3.8, 4) is 17.2 Å². The van der Waals surface area contributed by atoms with Crippen molar-refractivity contribution < 1.29 is 9.47 Å². The normalized spacial score (nSPS) is 10.8. The Labute approximate surface area is 119 Å². The van der Waals surface area contributed by atoms with Crippen LogP contribution in [0.1, 0.15) is 33.2 Å². The number of benzene rings is 1. The molecule has 2 aromatic rings. The van der Waals surface area contributed by atoms with Crippen LogP contribution in [0.25, 0.3) is 0 Å². The van der Waals surface area contributed by atoms with Crippen molar-refractivity contribution in [2.75, 3.05) is 12.3 Å². The van der Waals surface area contributed by atoms with Crippen molar-refractivity contribution in [2.24, 2.45) is 0 Å². The molecule has 1 aromatic heterocycles. The largest absolute Gasteiger partial charge is 0.491 e. The van der Waals surface area contributed by atoms with Crippen LogP contribution in [0.3, 0.4) is 0 Å². The first kappa shape index (κ1) is 14.2. The zero-order chi connectivity index (χ0) is 14.5. The molecule has 0 radical (unpaired) electrons. The molecule has 20 heavy (non-hydrogen) atoms. The first-order valence-electron chi connectivity index (χ1n) is 6.84. The highest BCUT2D eigenvalue weighted by molar-refractivity contribution is 5.56. The second-order valence-electron chi connectivity index (χ2n) is 4.90. The van der Waals surface area contributed by atoms with Crippen molar-refractivity contribution in [3.05, 3.63) is 30.6 Å². The van der Waals surface area contributed by atoms with Gasteiger partial charge >= 0.3 is 0 Å². The van der Waals surface area contributed by atoms with Gasteiger partial charge in [0, 0.05) is 12.1 Å². The molecule has 0 aliphatic rings. The Hall–Kier alpha value is -2.17. The number of anilines is 1. The number of aromatic nitrogens is 2. The van der Waals surface area contributed by atoms with Crippen LogP contribution in [0.15, 0.2) is 30.6 Å². The van der Waals surface area contributed by atoms with Crippen molar-refractivity contribution in [1.82, 2.24) is 9.78 Å². The van der Waals surface area contributed by atoms with E-state index in [2.05, 4.69) is 25.9 Å². The van der Waals surface area contributed by atoms with Gasteiger partial charge in [0.2, 0.25) is 0 Å². The topological polar surface area (TPSA) is 62.3 Å². The van der Waals surface area contributed by atoms with Crippen LogP contribution in [0.2, 0.25) is 0 Å². The lowest BCUT2D eigenvalue weighted by molar-refractivity contribution is 0.317. The van der Waals surface area contributed by atoms with E-state index in [1.54, 1.807) is 18.3 Å². The van der Waals surface area contributed by atoms with Crippen LogP contribution in [-0.4, -0.2) is 16.4 Å². The molecule has 0 spiro atoms. The number of hydrogen-bond donors (Lipinski definition) is 1. The summed E-state index contributed by atoms with van der Waals surface area (Å²) in [6.07, 6.45) is 4.50. The zero-order valence-corrected chi connectivity index (χ0v) is 12.2. The molecule has 1 heterocycles. The van der Waals surface area contributed by atoms with Gasteiger partial charge in [0.15, 0.2) is 5.75 Å². The summed E-state index contributed by atoms with van der Waals surface area (Å²) >= 11 is 0. The third-order valence-electron chi connectivity index (χ3n) is 2.79. The lowest BCUT2D eigenvalue weighted by atomic mass is 10.3. The van der Waals surface area contributed by atoms with Crippen LogP contribution in [0, 0.1) is 0 Å². The number of nitrogens with two attached hydrogens (primary N) is 1. The van der Waals surface area contributed by atoms with E-state index < -0.39 is 0 Å². The summed E-state index contributed by atoms with van der Waals surface area (Å²) in [5.41, 5.74) is 6.48. The summed E-state index contributed by atoms with van der Waals surface area (Å²) in [6, 6.07) is 5.72. The molecule has 0 bridgehead atoms. The average molecular weight is 275 g/mol. The van der Waals surface area contributed by atoms with Gasteiger partial charge in [-0.25, -0.2) is 0 Å². The summed E-state index contributed by atoms with van der Waals surface area (Å²) in [5.74, 6) is 2.04. The molecule has 0 fully saturated rings. The van der Waals surface area contributed by atoms with E-state index in [9.17, 15) is 0 Å². The molecule has 0 atom stereocenters. The molecule has 5 heteroatoms. The van der Waals surface area contributed by atoms with Gasteiger partial charge < -0.3 is 15.2 Å². The minimum Gasteiger partial charge on any atom is -0.491 e. The summed E-state index contributed by atoms with van der Waals surface area (Å²) < 4.78 is 13.2. The third-order valence-corrected chi connectivity index (χ3v) is 2.79. The Balaban J connectivity index is 2.12. The minimum atomic E-state index is 0.308. The average Bonchev–Trinajstić information content (AvgIpc) is 2.88. The summed E-state index contributed by atoms with van der Waals surface area (Å²) in [4.78, 5) is 0. The van der Waals surface area contributed by atoms with Crippen LogP contribution < -0.4 is 15.2 Å². The van der Waals surface area contributed by atoms with E-state index in [1.807, 2.05) is 16.9 Å². The van der Waals surface area contributed by atoms with Crippen molar-refractivity contribution in [2.45, 2.75) is 33.2 Å². The fourth-order valence-corrected chi connectivity index (χ4v) is 1.71. The van der Waals surface area contributed by atoms with E-state index >= 15 is 0 Å². The van der Waals surface area contributed by atoms with Gasteiger partial charge in [0.1, 0.15) is 11.5 Å². The first-order valence-corrected chi connectivity index (χ1v) is 6.84. The van der Waals surface area contributed by atoms with Crippen LogP contribution in [0.5, 0.6) is 17.2 Å². The molecule has 1 aromatic carbocycles. The highest BCUT2D eigenvalue weighted by atomic mass is 16.5. The van der Waals surface area contributed by atoms with E-state index in [0.717, 1.165) is 6.42 Å². The van der Waals surface area contributed by atoms with E-state index in [4.69, 9.17) is 15.2 Å². The van der Waals surface area contributed by atoms with Gasteiger partial charge in [-0.3, -0.25) is 4.68 Å². The summed E-state index contributed by atoms with van der Waals surface area (Å²) in [5, 5.41) is 4.24. The standard InChI is InChI=1S/C15H21N3O2/c1-4-7-19-15-8-12(5-6-14(15)16)20-13-9-17-18(10-13)11(2)3/h5-6,8-11H,4,7,16H2,1-3H3. The fraction of sp³-hybridized carbons (Fsp3) is 0.400. The van der Waals surface area contributed by atoms with Crippen LogP contribution in [0.4, 0.5) is 5.69 Å². The number of nitrogens with zero attached hydrogens (tertiary/aromatic N) is 2. The Morgan fingerprint density at radius 1 is 1.30 bits per heavy atom. The molecule has 0 aliphatic carbocycles. The highest BCUT2D eigenvalue weighted by Gasteiger charge is 2.07. The van der Waals surface area contributed by atoms with E-state index in [-0.39, 0.29) is 0 Å². The van der Waals surface area contributed by atoms with Gasteiger partial charge in [0.25, 0.3) is 0 Å². The van der Waals surface area contributed by atoms with E-state index in [1.165, 1.54) is 0 Å². The third kappa shape index (κ3) is 3.44. The molecule has 2 N–H and O–H groups in total. The molecule has 108 valence electrons. The molecule has 5 nitrogen and oxygen atoms in total. The maximum absolute atomic E-state index is 5.87. The molecule has 0 unspecified atom stereocenters. The van der Waals surface area contributed by atoms with Gasteiger partial charge in [-0.05, 0) is 32.4 Å². The number of nitrogen functional groups attached to an aromatic ring is 1. The second kappa shape index (κ2) is 6.32. The smallest absolute Gasteiger partial charge is 0.165 e. The Bertz CT molecular complexity index is 564. The zero-order valence-electron chi connectivity index (χ0n) is 12.2. The fourth-order valence-electron chi connectivity index (χ4n) is 1.71. The molecule has 0 aliphatic heterocycles. The lowest BCUT2D eigenvalue weighted by Gasteiger charge is -2.10. The quantitative estimate of drug-likeness (QED) is 0.818. The summed E-state index contributed by atoms with van der Waals surface area (Å²) in [7, 11) is 0.